The fourth-order valence-electron chi connectivity index (χ4n) is 2.21. The van der Waals surface area contributed by atoms with E-state index in [1.807, 2.05) is 0 Å². The van der Waals surface area contributed by atoms with Crippen LogP contribution in [-0.2, 0) is 0 Å². The van der Waals surface area contributed by atoms with Crippen molar-refractivity contribution in [2.24, 2.45) is 11.6 Å². The van der Waals surface area contributed by atoms with Crippen molar-refractivity contribution in [2.75, 3.05) is 10.7 Å². The van der Waals surface area contributed by atoms with E-state index in [9.17, 15) is 18.7 Å². The minimum atomic E-state index is -3.02. The Balaban J connectivity index is 3.03. The number of nitrogen functional groups attached to an aromatic ring is 1. The number of hydrazine groups is 1. The molecular weight excluding hydrogens is 320 g/mol. The second-order valence-corrected chi connectivity index (χ2v) is 5.13. The molecule has 2 aromatic rings. The van der Waals surface area contributed by atoms with Gasteiger partial charge in [-0.2, -0.15) is 8.78 Å². The summed E-state index contributed by atoms with van der Waals surface area (Å²) in [5, 5.41) is 10.1. The highest BCUT2D eigenvalue weighted by Crippen LogP contribution is 2.33. The van der Waals surface area contributed by atoms with Gasteiger partial charge in [-0.15, -0.1) is 0 Å². The minimum Gasteiger partial charge on any atom is -0.506 e. The number of nitrogens with one attached hydrogen (secondary N) is 1. The van der Waals surface area contributed by atoms with Crippen LogP contribution in [0.25, 0.3) is 10.9 Å². The fourth-order valence-corrected chi connectivity index (χ4v) is 2.21. The maximum atomic E-state index is 12.9. The number of aryl methyl sites for hydroxylation is 1. The number of aromatic amines is 1. The zero-order valence-corrected chi connectivity index (χ0v) is 12.8. The summed E-state index contributed by atoms with van der Waals surface area (Å²) in [6.07, 6.45) is 1.22. The third-order valence-corrected chi connectivity index (χ3v) is 3.39. The highest BCUT2D eigenvalue weighted by Gasteiger charge is 2.20. The van der Waals surface area contributed by atoms with Crippen LogP contribution in [0.15, 0.2) is 30.5 Å². The summed E-state index contributed by atoms with van der Waals surface area (Å²) < 4.78 is 25.9. The van der Waals surface area contributed by atoms with Gasteiger partial charge in [0.15, 0.2) is 0 Å². The maximum absolute atomic E-state index is 12.9. The summed E-state index contributed by atoms with van der Waals surface area (Å²) in [7, 11) is 0. The molecule has 0 aliphatic heterocycles. The molecule has 24 heavy (non-hydrogen) atoms. The van der Waals surface area contributed by atoms with Crippen LogP contribution in [0.5, 0.6) is 5.75 Å². The summed E-state index contributed by atoms with van der Waals surface area (Å²) in [6, 6.07) is 5.65. The number of aromatic nitrogens is 1. The summed E-state index contributed by atoms with van der Waals surface area (Å²) in [6.45, 7) is -1.31. The summed E-state index contributed by atoms with van der Waals surface area (Å²) in [4.78, 5) is 14.5. The quantitative estimate of drug-likeness (QED) is 0.252. The number of alkyl halides is 2. The number of aromatic hydroxyl groups is 1. The van der Waals surface area contributed by atoms with Gasteiger partial charge in [0.05, 0.1) is 22.5 Å². The molecule has 0 spiro atoms. The molecule has 0 atom stereocenters. The van der Waals surface area contributed by atoms with E-state index in [-0.39, 0.29) is 38.6 Å². The van der Waals surface area contributed by atoms with Crippen molar-refractivity contribution in [1.29, 1.82) is 0 Å². The van der Waals surface area contributed by atoms with E-state index >= 15 is 0 Å². The smallest absolute Gasteiger partial charge is 0.328 e. The minimum absolute atomic E-state index is 0.0622. The second-order valence-electron chi connectivity index (χ2n) is 5.13. The normalized spacial score (nSPS) is 10.7. The molecule has 7 nitrogen and oxygen atoms in total. The van der Waals surface area contributed by atoms with Gasteiger partial charge in [0.1, 0.15) is 5.75 Å². The topological polar surface area (TPSA) is 134 Å². The van der Waals surface area contributed by atoms with Crippen molar-refractivity contribution in [2.45, 2.75) is 13.5 Å². The van der Waals surface area contributed by atoms with Crippen molar-refractivity contribution in [1.82, 2.24) is 4.98 Å². The van der Waals surface area contributed by atoms with Gasteiger partial charge in [-0.1, -0.05) is 11.6 Å². The van der Waals surface area contributed by atoms with Gasteiger partial charge in [0.25, 0.3) is 5.91 Å². The molecule has 0 radical (unpaired) electrons. The number of nitrogens with two attached hydrogens (primary N) is 3. The first-order valence-electron chi connectivity index (χ1n) is 6.82. The first kappa shape index (κ1) is 17.3. The largest absolute Gasteiger partial charge is 0.506 e. The lowest BCUT2D eigenvalue weighted by molar-refractivity contribution is 0.100. The third kappa shape index (κ3) is 3.30. The van der Waals surface area contributed by atoms with Crippen molar-refractivity contribution in [3.05, 3.63) is 41.6 Å². The molecule has 1 aromatic heterocycles. The Morgan fingerprint density at radius 2 is 2.00 bits per heavy atom. The van der Waals surface area contributed by atoms with Crippen LogP contribution in [0.1, 0.15) is 15.9 Å². The molecule has 0 aliphatic rings. The van der Waals surface area contributed by atoms with Gasteiger partial charge in [0, 0.05) is 11.6 Å². The van der Waals surface area contributed by atoms with E-state index in [0.29, 0.717) is 5.56 Å². The highest BCUT2D eigenvalue weighted by molar-refractivity contribution is 6.10. The Morgan fingerprint density at radius 1 is 1.33 bits per heavy atom. The Morgan fingerprint density at radius 3 is 2.58 bits per heavy atom. The first-order chi connectivity index (χ1) is 11.2. The number of anilines is 2. The summed E-state index contributed by atoms with van der Waals surface area (Å²) in [5.74, 6) is 4.37. The molecule has 8 N–H and O–H groups in total. The number of hydrogen-bond acceptors (Lipinski definition) is 5. The number of halogens is 2. The van der Waals surface area contributed by atoms with Crippen molar-refractivity contribution >= 4 is 28.2 Å². The zero-order chi connectivity index (χ0) is 18.0. The van der Waals surface area contributed by atoms with Crippen LogP contribution >= 0.6 is 0 Å². The molecule has 0 bridgehead atoms. The van der Waals surface area contributed by atoms with Crippen molar-refractivity contribution < 1.29 is 18.7 Å². The van der Waals surface area contributed by atoms with Crippen molar-refractivity contribution in [3.8, 4) is 5.75 Å². The highest BCUT2D eigenvalue weighted by atomic mass is 19.3. The standard InChI is InChI=1S/C15H17F2N5O2/c1-7-2-3-8(23)6-21-13-9(4-7)12(18)11(22(20)15(16)17)5-10(13)14(19)24/h2-6,15,21,23H,18,20H2,1H3,(H2,19,24). The molecule has 128 valence electrons. The number of benzene rings is 1. The number of rotatable bonds is 3. The van der Waals surface area contributed by atoms with Gasteiger partial charge in [-0.3, -0.25) is 4.79 Å². The van der Waals surface area contributed by atoms with E-state index in [0.717, 1.165) is 6.07 Å². The molecule has 0 saturated carbocycles. The van der Waals surface area contributed by atoms with Crippen molar-refractivity contribution in [3.63, 3.8) is 0 Å². The van der Waals surface area contributed by atoms with Gasteiger partial charge < -0.3 is 21.6 Å². The molecule has 1 heterocycles. The van der Waals surface area contributed by atoms with Crippen LogP contribution in [0.3, 0.4) is 0 Å². The monoisotopic (exact) mass is 337 g/mol. The predicted octanol–water partition coefficient (Wildman–Crippen LogP) is 1.89. The van der Waals surface area contributed by atoms with Crippen LogP contribution in [0.4, 0.5) is 20.2 Å². The van der Waals surface area contributed by atoms with Crippen LogP contribution in [0.2, 0.25) is 0 Å². The number of nitrogens with zero attached hydrogens (tertiary/aromatic N) is 1. The molecule has 9 heteroatoms. The van der Waals surface area contributed by atoms with Crippen LogP contribution < -0.4 is 22.3 Å². The first-order valence-corrected chi connectivity index (χ1v) is 6.82. The number of carbonyl (C=O) groups excluding carboxylic acids is 1. The predicted molar refractivity (Wildman–Crippen MR) is 87.9 cm³/mol. The number of fused-ring (bicyclic) bond motifs is 1. The molecule has 0 unspecified atom stereocenters. The molecular formula is C15H17F2N5O2. The van der Waals surface area contributed by atoms with E-state index < -0.39 is 12.5 Å². The SMILES string of the molecule is Cc1ccc(O)c[nH]c2c(C(N)=O)cc(N(N)C(F)F)c(N)c2c1. The van der Waals surface area contributed by atoms with Gasteiger partial charge in [0.2, 0.25) is 0 Å². The lowest BCUT2D eigenvalue weighted by Crippen LogP contribution is -2.36. The Kier molecular flexibility index (Phi) is 4.74. The Labute approximate surface area is 135 Å². The number of H-pyrrole nitrogens is 1. The number of primary amides is 1. The lowest BCUT2D eigenvalue weighted by atomic mass is 10.0. The molecule has 0 fully saturated rings. The average molecular weight is 337 g/mol. The molecule has 0 aliphatic carbocycles. The molecule has 2 rings (SSSR count). The fraction of sp³-hybridized carbons (Fsp3) is 0.133. The summed E-state index contributed by atoms with van der Waals surface area (Å²) >= 11 is 0. The number of carbonyl (C=O) groups is 1. The van der Waals surface area contributed by atoms with Gasteiger partial charge in [-0.05, 0) is 25.1 Å². The molecule has 1 amide bonds. The summed E-state index contributed by atoms with van der Waals surface area (Å²) in [5.41, 5.74) is 11.8. The number of hydrogen-bond donors (Lipinski definition) is 5. The Bertz CT molecular complexity index is 849. The average Bonchev–Trinajstić information content (AvgIpc) is 2.58. The molecule has 1 aromatic carbocycles. The van der Waals surface area contributed by atoms with Gasteiger partial charge in [-0.25, -0.2) is 10.9 Å². The zero-order valence-electron chi connectivity index (χ0n) is 12.8. The van der Waals surface area contributed by atoms with Gasteiger partial charge >= 0.3 is 6.55 Å². The van der Waals surface area contributed by atoms with E-state index in [1.54, 1.807) is 19.1 Å². The van der Waals surface area contributed by atoms with E-state index in [2.05, 4.69) is 4.98 Å². The lowest BCUT2D eigenvalue weighted by Gasteiger charge is -2.21. The van der Waals surface area contributed by atoms with E-state index in [4.69, 9.17) is 17.3 Å². The second kappa shape index (κ2) is 6.59. The van der Waals surface area contributed by atoms with E-state index in [1.165, 1.54) is 12.3 Å². The molecule has 0 saturated heterocycles. The third-order valence-electron chi connectivity index (χ3n) is 3.39. The number of amides is 1. The maximum Gasteiger partial charge on any atom is 0.328 e. The van der Waals surface area contributed by atoms with Crippen LogP contribution in [-0.4, -0.2) is 22.5 Å². The Hall–Kier alpha value is -3.07. The van der Waals surface area contributed by atoms with Crippen LogP contribution in [0, 0.1) is 6.92 Å².